The Kier molecular flexibility index (Phi) is 4.51. The number of rotatable bonds is 5. The fourth-order valence-electron chi connectivity index (χ4n) is 2.18. The molecule has 3 N–H and O–H groups in total. The summed E-state index contributed by atoms with van der Waals surface area (Å²) in [7, 11) is 0. The summed E-state index contributed by atoms with van der Waals surface area (Å²) < 4.78 is 16.3. The number of carbonyl (C=O) groups is 2. The van der Waals surface area contributed by atoms with Crippen LogP contribution in [0.15, 0.2) is 42.5 Å². The maximum atomic E-state index is 11.9. The van der Waals surface area contributed by atoms with Gasteiger partial charge in [-0.3, -0.25) is 9.59 Å². The Bertz CT molecular complexity index is 758. The number of carbonyl (C=O) groups excluding carboxylic acids is 2. The molecule has 1 aliphatic rings. The lowest BCUT2D eigenvalue weighted by molar-refractivity contribution is -0.118. The van der Waals surface area contributed by atoms with Crippen molar-refractivity contribution >= 4 is 17.5 Å². The van der Waals surface area contributed by atoms with E-state index in [9.17, 15) is 9.59 Å². The Morgan fingerprint density at radius 2 is 1.75 bits per heavy atom. The van der Waals surface area contributed by atoms with E-state index in [1.54, 1.807) is 42.5 Å². The second-order valence-corrected chi connectivity index (χ2v) is 5.08. The summed E-state index contributed by atoms with van der Waals surface area (Å²) >= 11 is 0. The van der Waals surface area contributed by atoms with E-state index in [0.717, 1.165) is 0 Å². The molecule has 0 aromatic heterocycles. The van der Waals surface area contributed by atoms with Crippen LogP contribution in [0.4, 0.5) is 5.69 Å². The first kappa shape index (κ1) is 15.7. The van der Waals surface area contributed by atoms with Crippen LogP contribution in [-0.2, 0) is 4.79 Å². The molecule has 24 heavy (non-hydrogen) atoms. The lowest BCUT2D eigenvalue weighted by Crippen LogP contribution is -2.20. The second kappa shape index (κ2) is 6.91. The summed E-state index contributed by atoms with van der Waals surface area (Å²) in [5.74, 6) is 0.929. The number of hydrogen-bond donors (Lipinski definition) is 2. The van der Waals surface area contributed by atoms with E-state index in [4.69, 9.17) is 19.9 Å². The summed E-state index contributed by atoms with van der Waals surface area (Å²) in [6.45, 7) is 0.847. The lowest BCUT2D eigenvalue weighted by atomic mass is 10.2. The first-order valence-electron chi connectivity index (χ1n) is 7.34. The van der Waals surface area contributed by atoms with Crippen molar-refractivity contribution in [1.29, 1.82) is 0 Å². The van der Waals surface area contributed by atoms with Crippen molar-refractivity contribution < 1.29 is 23.8 Å². The zero-order valence-corrected chi connectivity index (χ0v) is 12.8. The smallest absolute Gasteiger partial charge is 0.262 e. The Balaban J connectivity index is 1.54. The van der Waals surface area contributed by atoms with Gasteiger partial charge in [-0.05, 0) is 36.4 Å². The highest BCUT2D eigenvalue weighted by atomic mass is 16.6. The topological polar surface area (TPSA) is 99.9 Å². The average Bonchev–Trinajstić information content (AvgIpc) is 2.60. The highest BCUT2D eigenvalue weighted by Gasteiger charge is 2.13. The molecule has 0 radical (unpaired) electrons. The molecule has 0 aliphatic carbocycles. The molecule has 0 saturated heterocycles. The molecule has 2 aromatic carbocycles. The monoisotopic (exact) mass is 328 g/mol. The van der Waals surface area contributed by atoms with E-state index < -0.39 is 5.91 Å². The number of nitrogens with one attached hydrogen (secondary N) is 1. The van der Waals surface area contributed by atoms with Crippen LogP contribution in [0.1, 0.15) is 10.4 Å². The molecule has 2 aromatic rings. The van der Waals surface area contributed by atoms with E-state index >= 15 is 0 Å². The highest BCUT2D eigenvalue weighted by Crippen LogP contribution is 2.33. The highest BCUT2D eigenvalue weighted by molar-refractivity contribution is 5.95. The quantitative estimate of drug-likeness (QED) is 0.868. The number of fused-ring (bicyclic) bond motifs is 1. The molecular weight excluding hydrogens is 312 g/mol. The molecule has 3 rings (SSSR count). The van der Waals surface area contributed by atoms with Crippen molar-refractivity contribution in [1.82, 2.24) is 0 Å². The van der Waals surface area contributed by atoms with Gasteiger partial charge in [-0.15, -0.1) is 0 Å². The molecule has 0 saturated carbocycles. The Hall–Kier alpha value is -3.22. The molecule has 0 unspecified atom stereocenters. The molecule has 0 spiro atoms. The van der Waals surface area contributed by atoms with Crippen molar-refractivity contribution in [2.75, 3.05) is 25.1 Å². The minimum Gasteiger partial charge on any atom is -0.486 e. The van der Waals surface area contributed by atoms with Crippen molar-refractivity contribution in [2.24, 2.45) is 5.73 Å². The van der Waals surface area contributed by atoms with Crippen molar-refractivity contribution in [2.45, 2.75) is 0 Å². The van der Waals surface area contributed by atoms with Crippen LogP contribution in [0.25, 0.3) is 0 Å². The summed E-state index contributed by atoms with van der Waals surface area (Å²) in [5, 5.41) is 2.67. The minimum absolute atomic E-state index is 0.156. The minimum atomic E-state index is -0.519. The third kappa shape index (κ3) is 3.75. The van der Waals surface area contributed by atoms with Crippen LogP contribution >= 0.6 is 0 Å². The first-order chi connectivity index (χ1) is 11.6. The van der Waals surface area contributed by atoms with Gasteiger partial charge in [0.2, 0.25) is 5.91 Å². The van der Waals surface area contributed by atoms with Gasteiger partial charge in [-0.2, -0.15) is 0 Å². The molecule has 0 bridgehead atoms. The normalized spacial score (nSPS) is 12.3. The molecule has 124 valence electrons. The molecule has 0 fully saturated rings. The van der Waals surface area contributed by atoms with Crippen LogP contribution < -0.4 is 25.3 Å². The summed E-state index contributed by atoms with van der Waals surface area (Å²) in [6, 6.07) is 11.4. The molecule has 7 nitrogen and oxygen atoms in total. The number of anilines is 1. The number of nitrogens with two attached hydrogens (primary N) is 1. The van der Waals surface area contributed by atoms with E-state index in [1.165, 1.54) is 0 Å². The van der Waals surface area contributed by atoms with Crippen LogP contribution in [-0.4, -0.2) is 31.6 Å². The number of hydrogen-bond acceptors (Lipinski definition) is 5. The standard InChI is InChI=1S/C17H16N2O5/c18-17(21)11-1-3-12(4-2-11)19-16(20)10-24-13-5-6-14-15(9-13)23-8-7-22-14/h1-6,9H,7-8,10H2,(H2,18,21)(H,19,20). The fraction of sp³-hybridized carbons (Fsp3) is 0.176. The third-order valence-corrected chi connectivity index (χ3v) is 3.34. The van der Waals surface area contributed by atoms with Gasteiger partial charge >= 0.3 is 0 Å². The molecule has 0 atom stereocenters. The van der Waals surface area contributed by atoms with Crippen LogP contribution in [0.3, 0.4) is 0 Å². The molecule has 7 heteroatoms. The van der Waals surface area contributed by atoms with Crippen molar-refractivity contribution in [3.63, 3.8) is 0 Å². The lowest BCUT2D eigenvalue weighted by Gasteiger charge is -2.18. The largest absolute Gasteiger partial charge is 0.486 e. The number of primary amides is 1. The second-order valence-electron chi connectivity index (χ2n) is 5.08. The van der Waals surface area contributed by atoms with Crippen molar-refractivity contribution in [3.05, 3.63) is 48.0 Å². The summed E-state index contributed by atoms with van der Waals surface area (Å²) in [6.07, 6.45) is 0. The van der Waals surface area contributed by atoms with Gasteiger partial charge in [-0.25, -0.2) is 0 Å². The van der Waals surface area contributed by atoms with Gasteiger partial charge < -0.3 is 25.3 Å². The number of amides is 2. The van der Waals surface area contributed by atoms with E-state index in [0.29, 0.717) is 41.7 Å². The molecule has 1 aliphatic heterocycles. The van der Waals surface area contributed by atoms with Gasteiger partial charge in [0.05, 0.1) is 0 Å². The van der Waals surface area contributed by atoms with Crippen LogP contribution in [0, 0.1) is 0 Å². The Morgan fingerprint density at radius 3 is 2.46 bits per heavy atom. The van der Waals surface area contributed by atoms with Gasteiger partial charge in [-0.1, -0.05) is 0 Å². The molecular formula is C17H16N2O5. The van der Waals surface area contributed by atoms with Gasteiger partial charge in [0, 0.05) is 17.3 Å². The summed E-state index contributed by atoms with van der Waals surface area (Å²) in [5.41, 5.74) is 6.09. The third-order valence-electron chi connectivity index (χ3n) is 3.34. The zero-order chi connectivity index (χ0) is 16.9. The average molecular weight is 328 g/mol. The van der Waals surface area contributed by atoms with E-state index in [-0.39, 0.29) is 12.5 Å². The fourth-order valence-corrected chi connectivity index (χ4v) is 2.18. The molecule has 1 heterocycles. The first-order valence-corrected chi connectivity index (χ1v) is 7.34. The molecule has 2 amide bonds. The SMILES string of the molecule is NC(=O)c1ccc(NC(=O)COc2ccc3c(c2)OCCO3)cc1. The number of ether oxygens (including phenoxy) is 3. The van der Waals surface area contributed by atoms with Crippen LogP contribution in [0.5, 0.6) is 17.2 Å². The van der Waals surface area contributed by atoms with E-state index in [1.807, 2.05) is 0 Å². The van der Waals surface area contributed by atoms with Crippen LogP contribution in [0.2, 0.25) is 0 Å². The maximum absolute atomic E-state index is 11.9. The van der Waals surface area contributed by atoms with Gasteiger partial charge in [0.1, 0.15) is 19.0 Å². The Labute approximate surface area is 138 Å². The van der Waals surface area contributed by atoms with Gasteiger partial charge in [0.25, 0.3) is 5.91 Å². The van der Waals surface area contributed by atoms with Crippen molar-refractivity contribution in [3.8, 4) is 17.2 Å². The maximum Gasteiger partial charge on any atom is 0.262 e. The summed E-state index contributed by atoms with van der Waals surface area (Å²) in [4.78, 5) is 22.9. The van der Waals surface area contributed by atoms with E-state index in [2.05, 4.69) is 5.32 Å². The number of benzene rings is 2. The predicted molar refractivity (Wildman–Crippen MR) is 86.5 cm³/mol. The Morgan fingerprint density at radius 1 is 1.04 bits per heavy atom. The predicted octanol–water partition coefficient (Wildman–Crippen LogP) is 1.57. The zero-order valence-electron chi connectivity index (χ0n) is 12.8. The van der Waals surface area contributed by atoms with Gasteiger partial charge in [0.15, 0.2) is 18.1 Å².